The Labute approximate surface area is 173 Å². The number of nitrogens with one attached hydrogen (secondary N) is 3. The Bertz CT molecular complexity index is 697. The number of rotatable bonds is 4. The number of anilines is 1. The van der Waals surface area contributed by atoms with E-state index in [1.54, 1.807) is 37.3 Å². The second-order valence-corrected chi connectivity index (χ2v) is 7.65. The Morgan fingerprint density at radius 1 is 1.38 bits per heavy atom. The second-order valence-electron chi connectivity index (χ2n) is 7.65. The van der Waals surface area contributed by atoms with E-state index in [0.717, 1.165) is 13.0 Å². The molecule has 0 bridgehead atoms. The van der Waals surface area contributed by atoms with Gasteiger partial charge in [-0.25, -0.2) is 4.79 Å². The number of ether oxygens (including phenoxy) is 2. The number of nitrogens with zero attached hydrogens (tertiary/aromatic N) is 1. The molecular formula is C21H34N4O4. The molecule has 0 radical (unpaired) electrons. The quantitative estimate of drug-likeness (QED) is 0.714. The van der Waals surface area contributed by atoms with E-state index in [2.05, 4.69) is 22.9 Å². The highest BCUT2D eigenvalue weighted by molar-refractivity contribution is 5.98. The number of methoxy groups -OCH3 is 1. The Morgan fingerprint density at radius 2 is 2.14 bits per heavy atom. The number of fused-ring (bicyclic) bond motifs is 1. The van der Waals surface area contributed by atoms with Crippen LogP contribution in [-0.2, 0) is 4.74 Å². The van der Waals surface area contributed by atoms with Crippen LogP contribution in [0, 0.1) is 5.92 Å². The number of urea groups is 1. The maximum absolute atomic E-state index is 13.1. The molecule has 1 aromatic carbocycles. The molecule has 0 saturated carbocycles. The van der Waals surface area contributed by atoms with E-state index in [4.69, 9.17) is 9.47 Å². The fourth-order valence-electron chi connectivity index (χ4n) is 3.15. The maximum Gasteiger partial charge on any atom is 0.319 e. The van der Waals surface area contributed by atoms with Crippen molar-refractivity contribution in [2.45, 2.75) is 39.3 Å². The van der Waals surface area contributed by atoms with Crippen LogP contribution in [0.3, 0.4) is 0 Å². The molecule has 1 aliphatic heterocycles. The molecule has 3 atom stereocenters. The highest BCUT2D eigenvalue weighted by Crippen LogP contribution is 2.26. The SMILES string of the molecule is CCCNC(=O)Nc1ccc2c(c1)OC[C@@H](C)NC[C@@H](C)[C@@H](OC)CN(C)C2=O. The Morgan fingerprint density at radius 3 is 2.83 bits per heavy atom. The van der Waals surface area contributed by atoms with Crippen LogP contribution in [0.5, 0.6) is 5.75 Å². The third-order valence-corrected chi connectivity index (χ3v) is 5.02. The van der Waals surface area contributed by atoms with Gasteiger partial charge >= 0.3 is 6.03 Å². The zero-order valence-corrected chi connectivity index (χ0v) is 18.1. The first-order chi connectivity index (χ1) is 13.8. The van der Waals surface area contributed by atoms with E-state index in [1.807, 2.05) is 13.8 Å². The standard InChI is InChI=1S/C21H34N4O4/c1-6-9-22-21(27)24-16-7-8-17-18(10-16)29-13-15(3)23-11-14(2)19(28-5)12-25(4)20(17)26/h7-8,10,14-15,19,23H,6,9,11-13H2,1-5H3,(H2,22,24,27)/t14-,15-,19+/m1/s1. The average Bonchev–Trinajstić information content (AvgIpc) is 2.71. The summed E-state index contributed by atoms with van der Waals surface area (Å²) >= 11 is 0. The van der Waals surface area contributed by atoms with Gasteiger partial charge in [0.05, 0.1) is 11.7 Å². The molecule has 1 aromatic rings. The topological polar surface area (TPSA) is 91.9 Å². The molecule has 0 aromatic heterocycles. The van der Waals surface area contributed by atoms with E-state index < -0.39 is 0 Å². The average molecular weight is 407 g/mol. The predicted octanol–water partition coefficient (Wildman–Crippen LogP) is 2.31. The van der Waals surface area contributed by atoms with Crippen molar-refractivity contribution in [1.29, 1.82) is 0 Å². The summed E-state index contributed by atoms with van der Waals surface area (Å²) in [6.45, 7) is 8.37. The smallest absolute Gasteiger partial charge is 0.319 e. The summed E-state index contributed by atoms with van der Waals surface area (Å²) in [6.07, 6.45) is 0.781. The van der Waals surface area contributed by atoms with Gasteiger partial charge in [0.15, 0.2) is 0 Å². The number of carbonyl (C=O) groups is 2. The van der Waals surface area contributed by atoms with Crippen molar-refractivity contribution in [3.8, 4) is 5.75 Å². The largest absolute Gasteiger partial charge is 0.491 e. The van der Waals surface area contributed by atoms with Crippen molar-refractivity contribution in [2.24, 2.45) is 5.92 Å². The van der Waals surface area contributed by atoms with Gasteiger partial charge in [-0.2, -0.15) is 0 Å². The summed E-state index contributed by atoms with van der Waals surface area (Å²) in [7, 11) is 3.43. The van der Waals surface area contributed by atoms with Crippen LogP contribution >= 0.6 is 0 Å². The van der Waals surface area contributed by atoms with E-state index >= 15 is 0 Å². The Kier molecular flexibility index (Phi) is 8.72. The normalized spacial score (nSPS) is 23.3. The second kappa shape index (κ2) is 11.0. The van der Waals surface area contributed by atoms with Gasteiger partial charge in [-0.05, 0) is 31.4 Å². The summed E-state index contributed by atoms with van der Waals surface area (Å²) in [6, 6.07) is 4.92. The third-order valence-electron chi connectivity index (χ3n) is 5.02. The molecule has 29 heavy (non-hydrogen) atoms. The summed E-state index contributed by atoms with van der Waals surface area (Å²) < 4.78 is 11.6. The van der Waals surface area contributed by atoms with Gasteiger partial charge in [0.25, 0.3) is 5.91 Å². The van der Waals surface area contributed by atoms with Gasteiger partial charge in [0.2, 0.25) is 0 Å². The molecule has 162 valence electrons. The van der Waals surface area contributed by atoms with Crippen molar-refractivity contribution in [2.75, 3.05) is 45.7 Å². The van der Waals surface area contributed by atoms with Crippen molar-refractivity contribution in [1.82, 2.24) is 15.5 Å². The molecule has 0 saturated heterocycles. The Hall–Kier alpha value is -2.32. The van der Waals surface area contributed by atoms with E-state index in [9.17, 15) is 9.59 Å². The van der Waals surface area contributed by atoms with Crippen LogP contribution in [0.2, 0.25) is 0 Å². The summed E-state index contributed by atoms with van der Waals surface area (Å²) in [5, 5.41) is 9.00. The number of benzene rings is 1. The minimum atomic E-state index is -0.282. The molecular weight excluding hydrogens is 372 g/mol. The first-order valence-electron chi connectivity index (χ1n) is 10.2. The molecule has 2 rings (SSSR count). The molecule has 1 heterocycles. The summed E-state index contributed by atoms with van der Waals surface area (Å²) in [4.78, 5) is 26.7. The maximum atomic E-state index is 13.1. The van der Waals surface area contributed by atoms with Gasteiger partial charge in [-0.15, -0.1) is 0 Å². The van der Waals surface area contributed by atoms with E-state index in [0.29, 0.717) is 36.7 Å². The van der Waals surface area contributed by atoms with Crippen molar-refractivity contribution >= 4 is 17.6 Å². The van der Waals surface area contributed by atoms with Gasteiger partial charge < -0.3 is 30.3 Å². The van der Waals surface area contributed by atoms with Crippen LogP contribution in [0.1, 0.15) is 37.6 Å². The van der Waals surface area contributed by atoms with Crippen molar-refractivity contribution in [3.05, 3.63) is 23.8 Å². The fraction of sp³-hybridized carbons (Fsp3) is 0.619. The minimum absolute atomic E-state index is 0.0735. The third kappa shape index (κ3) is 6.61. The number of carbonyl (C=O) groups excluding carboxylic acids is 2. The number of hydrogen-bond acceptors (Lipinski definition) is 5. The number of hydrogen-bond donors (Lipinski definition) is 3. The van der Waals surface area contributed by atoms with Crippen molar-refractivity contribution in [3.63, 3.8) is 0 Å². The number of likely N-dealkylation sites (N-methyl/N-ethyl adjacent to an activating group) is 1. The van der Waals surface area contributed by atoms with Gasteiger partial charge in [-0.1, -0.05) is 13.8 Å². The Balaban J connectivity index is 2.27. The molecule has 0 aliphatic carbocycles. The lowest BCUT2D eigenvalue weighted by molar-refractivity contribution is 0.0281. The minimum Gasteiger partial charge on any atom is -0.491 e. The van der Waals surface area contributed by atoms with Crippen LogP contribution in [0.15, 0.2) is 18.2 Å². The van der Waals surface area contributed by atoms with Gasteiger partial charge in [-0.3, -0.25) is 4.79 Å². The first-order valence-corrected chi connectivity index (χ1v) is 10.2. The zero-order valence-electron chi connectivity index (χ0n) is 18.1. The molecule has 0 spiro atoms. The zero-order chi connectivity index (χ0) is 21.4. The first kappa shape index (κ1) is 23.0. The summed E-state index contributed by atoms with van der Waals surface area (Å²) in [5.74, 6) is 0.550. The van der Waals surface area contributed by atoms with Crippen molar-refractivity contribution < 1.29 is 19.1 Å². The monoisotopic (exact) mass is 406 g/mol. The highest BCUT2D eigenvalue weighted by atomic mass is 16.5. The molecule has 0 unspecified atom stereocenters. The molecule has 8 heteroatoms. The molecule has 3 N–H and O–H groups in total. The fourth-order valence-corrected chi connectivity index (χ4v) is 3.15. The molecule has 1 aliphatic rings. The summed E-state index contributed by atoms with van der Waals surface area (Å²) in [5.41, 5.74) is 1.03. The van der Waals surface area contributed by atoms with Crippen LogP contribution in [0.25, 0.3) is 0 Å². The molecule has 8 nitrogen and oxygen atoms in total. The van der Waals surface area contributed by atoms with E-state index in [-0.39, 0.29) is 30.0 Å². The lowest BCUT2D eigenvalue weighted by Gasteiger charge is -2.30. The highest BCUT2D eigenvalue weighted by Gasteiger charge is 2.25. The molecule has 3 amide bonds. The number of amides is 3. The van der Waals surface area contributed by atoms with Crippen LogP contribution < -0.4 is 20.7 Å². The van der Waals surface area contributed by atoms with Gasteiger partial charge in [0.1, 0.15) is 12.4 Å². The van der Waals surface area contributed by atoms with E-state index in [1.165, 1.54) is 0 Å². The molecule has 0 fully saturated rings. The van der Waals surface area contributed by atoms with Crippen LogP contribution in [-0.4, -0.2) is 69.4 Å². The van der Waals surface area contributed by atoms with Gasteiger partial charge in [0, 0.05) is 51.6 Å². The van der Waals surface area contributed by atoms with Crippen LogP contribution in [0.4, 0.5) is 10.5 Å². The lowest BCUT2D eigenvalue weighted by Crippen LogP contribution is -2.44. The predicted molar refractivity (Wildman–Crippen MR) is 114 cm³/mol. The lowest BCUT2D eigenvalue weighted by atomic mass is 10.0.